The zero-order valence-electron chi connectivity index (χ0n) is 17.4. The summed E-state index contributed by atoms with van der Waals surface area (Å²) in [7, 11) is 0. The summed E-state index contributed by atoms with van der Waals surface area (Å²) in [4.78, 5) is 29.7. The van der Waals surface area contributed by atoms with Crippen LogP contribution in [-0.4, -0.2) is 37.9 Å². The predicted molar refractivity (Wildman–Crippen MR) is 118 cm³/mol. The third-order valence-corrected chi connectivity index (χ3v) is 6.21. The Labute approximate surface area is 179 Å². The molecule has 5 rings (SSSR count). The number of benzene rings is 1. The largest absolute Gasteiger partial charge is 0.357 e. The van der Waals surface area contributed by atoms with Crippen molar-refractivity contribution in [3.63, 3.8) is 0 Å². The first kappa shape index (κ1) is 19.6. The van der Waals surface area contributed by atoms with Crippen LogP contribution in [0.25, 0.3) is 22.3 Å². The molecular formula is C24H24FN5O. The summed E-state index contributed by atoms with van der Waals surface area (Å²) in [5, 5.41) is 0.945. The van der Waals surface area contributed by atoms with Gasteiger partial charge in [0, 0.05) is 53.1 Å². The number of nitrogens with one attached hydrogen (secondary N) is 2. The van der Waals surface area contributed by atoms with E-state index < -0.39 is 0 Å². The molecule has 0 aliphatic carbocycles. The molecule has 0 atom stereocenters. The molecule has 31 heavy (non-hydrogen) atoms. The van der Waals surface area contributed by atoms with Gasteiger partial charge in [0.1, 0.15) is 11.6 Å². The van der Waals surface area contributed by atoms with Crippen LogP contribution in [0.5, 0.6) is 0 Å². The average Bonchev–Trinajstić information content (AvgIpc) is 3.09. The van der Waals surface area contributed by atoms with E-state index in [1.54, 1.807) is 30.6 Å². The molecule has 1 aliphatic rings. The van der Waals surface area contributed by atoms with E-state index in [-0.39, 0.29) is 17.3 Å². The Morgan fingerprint density at radius 1 is 1.16 bits per heavy atom. The number of rotatable bonds is 4. The summed E-state index contributed by atoms with van der Waals surface area (Å²) in [6.07, 6.45) is 5.29. The van der Waals surface area contributed by atoms with E-state index >= 15 is 0 Å². The molecule has 7 heteroatoms. The maximum absolute atomic E-state index is 13.6. The minimum absolute atomic E-state index is 0.132. The Balaban J connectivity index is 1.29. The van der Waals surface area contributed by atoms with E-state index in [1.807, 2.05) is 19.1 Å². The molecule has 4 heterocycles. The summed E-state index contributed by atoms with van der Waals surface area (Å²) in [6.45, 7) is 4.69. The van der Waals surface area contributed by atoms with Gasteiger partial charge in [-0.1, -0.05) is 0 Å². The molecule has 2 N–H and O–H groups in total. The van der Waals surface area contributed by atoms with Gasteiger partial charge in [0.25, 0.3) is 5.56 Å². The maximum atomic E-state index is 13.6. The van der Waals surface area contributed by atoms with Gasteiger partial charge in [-0.25, -0.2) is 9.37 Å². The van der Waals surface area contributed by atoms with E-state index in [1.165, 1.54) is 6.07 Å². The molecule has 1 saturated heterocycles. The van der Waals surface area contributed by atoms with Crippen molar-refractivity contribution in [1.29, 1.82) is 0 Å². The molecule has 0 amide bonds. The van der Waals surface area contributed by atoms with Crippen LogP contribution in [0.15, 0.2) is 53.6 Å². The van der Waals surface area contributed by atoms with E-state index in [0.717, 1.165) is 65.9 Å². The Kier molecular flexibility index (Phi) is 5.11. The molecule has 1 fully saturated rings. The van der Waals surface area contributed by atoms with Crippen LogP contribution in [-0.2, 0) is 6.54 Å². The highest BCUT2D eigenvalue weighted by Gasteiger charge is 2.23. The molecule has 0 radical (unpaired) electrons. The molecule has 0 unspecified atom stereocenters. The fraction of sp³-hybridized carbons (Fsp3) is 0.292. The Hall–Kier alpha value is -3.32. The topological polar surface area (TPSA) is 77.7 Å². The lowest BCUT2D eigenvalue weighted by atomic mass is 9.93. The number of H-pyrrole nitrogens is 2. The maximum Gasteiger partial charge on any atom is 0.251 e. The summed E-state index contributed by atoms with van der Waals surface area (Å²) < 4.78 is 13.6. The van der Waals surface area contributed by atoms with Gasteiger partial charge < -0.3 is 9.97 Å². The van der Waals surface area contributed by atoms with Gasteiger partial charge in [-0.2, -0.15) is 0 Å². The van der Waals surface area contributed by atoms with Crippen LogP contribution in [0.3, 0.4) is 0 Å². The van der Waals surface area contributed by atoms with Crippen molar-refractivity contribution in [2.45, 2.75) is 32.2 Å². The van der Waals surface area contributed by atoms with Crippen LogP contribution >= 0.6 is 0 Å². The average molecular weight is 417 g/mol. The Morgan fingerprint density at radius 3 is 2.77 bits per heavy atom. The SMILES string of the molecule is Cc1c(CN2CCC(c3cc(=O)[nH]c(-c4cccnc4)n3)CC2)[nH]c2ccc(F)cc12. The van der Waals surface area contributed by atoms with Gasteiger partial charge >= 0.3 is 0 Å². The smallest absolute Gasteiger partial charge is 0.251 e. The van der Waals surface area contributed by atoms with Gasteiger partial charge in [0.15, 0.2) is 0 Å². The van der Waals surface area contributed by atoms with Gasteiger partial charge in [0.2, 0.25) is 0 Å². The van der Waals surface area contributed by atoms with E-state index in [2.05, 4.69) is 19.9 Å². The fourth-order valence-electron chi connectivity index (χ4n) is 4.45. The van der Waals surface area contributed by atoms with Crippen molar-refractivity contribution >= 4 is 10.9 Å². The first-order valence-electron chi connectivity index (χ1n) is 10.6. The minimum Gasteiger partial charge on any atom is -0.357 e. The second kappa shape index (κ2) is 8.07. The van der Waals surface area contributed by atoms with Crippen molar-refractivity contribution in [2.75, 3.05) is 13.1 Å². The number of fused-ring (bicyclic) bond motifs is 1. The highest BCUT2D eigenvalue weighted by molar-refractivity contribution is 5.84. The number of nitrogens with zero attached hydrogens (tertiary/aromatic N) is 3. The molecule has 158 valence electrons. The molecular weight excluding hydrogens is 393 g/mol. The first-order chi connectivity index (χ1) is 15.1. The van der Waals surface area contributed by atoms with Crippen molar-refractivity contribution in [2.24, 2.45) is 0 Å². The van der Waals surface area contributed by atoms with E-state index in [9.17, 15) is 9.18 Å². The lowest BCUT2D eigenvalue weighted by molar-refractivity contribution is 0.201. The van der Waals surface area contributed by atoms with Crippen LogP contribution in [0, 0.1) is 12.7 Å². The van der Waals surface area contributed by atoms with Crippen molar-refractivity contribution in [1.82, 2.24) is 24.8 Å². The van der Waals surface area contributed by atoms with E-state index in [4.69, 9.17) is 4.98 Å². The predicted octanol–water partition coefficient (Wildman–Crippen LogP) is 4.14. The van der Waals surface area contributed by atoms with E-state index in [0.29, 0.717) is 5.82 Å². The van der Waals surface area contributed by atoms with Crippen molar-refractivity contribution in [3.05, 3.63) is 81.9 Å². The number of aryl methyl sites for hydroxylation is 1. The third kappa shape index (κ3) is 4.01. The van der Waals surface area contributed by atoms with Crippen LogP contribution in [0.2, 0.25) is 0 Å². The highest BCUT2D eigenvalue weighted by Crippen LogP contribution is 2.29. The fourth-order valence-corrected chi connectivity index (χ4v) is 4.45. The highest BCUT2D eigenvalue weighted by atomic mass is 19.1. The minimum atomic E-state index is -0.210. The number of hydrogen-bond donors (Lipinski definition) is 2. The molecule has 0 bridgehead atoms. The number of aromatic amines is 2. The Morgan fingerprint density at radius 2 is 2.00 bits per heavy atom. The summed E-state index contributed by atoms with van der Waals surface area (Å²) >= 11 is 0. The molecule has 0 saturated carbocycles. The standard InChI is InChI=1S/C24H24FN5O/c1-15-19-11-18(25)4-5-20(19)27-22(15)14-30-9-6-16(7-10-30)21-12-23(31)29-24(28-21)17-3-2-8-26-13-17/h2-5,8,11-13,16,27H,6-7,9-10,14H2,1H3,(H,28,29,31). The molecule has 0 spiro atoms. The number of halogens is 1. The number of hydrogen-bond acceptors (Lipinski definition) is 4. The van der Waals surface area contributed by atoms with Crippen LogP contribution in [0.1, 0.15) is 35.7 Å². The quantitative estimate of drug-likeness (QED) is 0.523. The number of piperidine rings is 1. The normalized spacial score (nSPS) is 15.5. The van der Waals surface area contributed by atoms with Crippen LogP contribution in [0.4, 0.5) is 4.39 Å². The lowest BCUT2D eigenvalue weighted by Crippen LogP contribution is -2.33. The molecule has 1 aliphatic heterocycles. The Bertz CT molecular complexity index is 1270. The monoisotopic (exact) mass is 417 g/mol. The molecule has 6 nitrogen and oxygen atoms in total. The van der Waals surface area contributed by atoms with Gasteiger partial charge in [0.05, 0.1) is 5.69 Å². The second-order valence-electron chi connectivity index (χ2n) is 8.23. The summed E-state index contributed by atoms with van der Waals surface area (Å²) in [6, 6.07) is 10.2. The van der Waals surface area contributed by atoms with Gasteiger partial charge in [-0.15, -0.1) is 0 Å². The van der Waals surface area contributed by atoms with Crippen molar-refractivity contribution < 1.29 is 4.39 Å². The molecule has 3 aromatic heterocycles. The summed E-state index contributed by atoms with van der Waals surface area (Å²) in [5.41, 5.74) is 4.73. The lowest BCUT2D eigenvalue weighted by Gasteiger charge is -2.31. The van der Waals surface area contributed by atoms with Crippen molar-refractivity contribution in [3.8, 4) is 11.4 Å². The number of pyridine rings is 1. The zero-order chi connectivity index (χ0) is 21.4. The van der Waals surface area contributed by atoms with Crippen LogP contribution < -0.4 is 5.56 Å². The zero-order valence-corrected chi connectivity index (χ0v) is 17.4. The van der Waals surface area contributed by atoms with Gasteiger partial charge in [-0.05, 0) is 68.8 Å². The number of aromatic nitrogens is 4. The van der Waals surface area contributed by atoms with Gasteiger partial charge in [-0.3, -0.25) is 14.7 Å². The summed E-state index contributed by atoms with van der Waals surface area (Å²) in [5.74, 6) is 0.615. The number of likely N-dealkylation sites (tertiary alicyclic amines) is 1. The second-order valence-corrected chi connectivity index (χ2v) is 8.23. The molecule has 1 aromatic carbocycles. The first-order valence-corrected chi connectivity index (χ1v) is 10.6. The molecule has 4 aromatic rings. The third-order valence-electron chi connectivity index (χ3n) is 6.21.